The number of nitrogens with zero attached hydrogens (tertiary/aromatic N) is 4. The van der Waals surface area contributed by atoms with Crippen LogP contribution in [0.15, 0.2) is 6.07 Å². The third-order valence-corrected chi connectivity index (χ3v) is 4.16. The zero-order valence-electron chi connectivity index (χ0n) is 13.2. The van der Waals surface area contributed by atoms with E-state index >= 15 is 0 Å². The molecule has 0 bridgehead atoms. The Bertz CT molecular complexity index is 481. The fourth-order valence-corrected chi connectivity index (χ4v) is 2.73. The standard InChI is InChI=1S/C15H25N5O/c1-11(2)19-4-6-20(7-5-19)15-16-12(3)8-14(18-15)17-13-9-21-10-13/h8,11,13H,4-7,9-10H2,1-3H3,(H,16,17,18). The number of aromatic nitrogens is 2. The first-order valence-electron chi connectivity index (χ1n) is 7.81. The highest BCUT2D eigenvalue weighted by atomic mass is 16.5. The third-order valence-electron chi connectivity index (χ3n) is 4.16. The smallest absolute Gasteiger partial charge is 0.227 e. The van der Waals surface area contributed by atoms with E-state index in [0.717, 1.165) is 56.9 Å². The van der Waals surface area contributed by atoms with Gasteiger partial charge in [0.15, 0.2) is 0 Å². The third kappa shape index (κ3) is 3.44. The van der Waals surface area contributed by atoms with Crippen LogP contribution in [0, 0.1) is 6.92 Å². The fourth-order valence-electron chi connectivity index (χ4n) is 2.73. The zero-order valence-corrected chi connectivity index (χ0v) is 13.2. The molecule has 1 aromatic heterocycles. The van der Waals surface area contributed by atoms with E-state index in [9.17, 15) is 0 Å². The summed E-state index contributed by atoms with van der Waals surface area (Å²) in [6.07, 6.45) is 0. The van der Waals surface area contributed by atoms with E-state index in [1.807, 2.05) is 13.0 Å². The average molecular weight is 291 g/mol. The Morgan fingerprint density at radius 2 is 1.90 bits per heavy atom. The Hall–Kier alpha value is -1.40. The van der Waals surface area contributed by atoms with Crippen LogP contribution in [0.25, 0.3) is 0 Å². The van der Waals surface area contributed by atoms with Gasteiger partial charge in [-0.15, -0.1) is 0 Å². The van der Waals surface area contributed by atoms with Gasteiger partial charge in [-0.05, 0) is 20.8 Å². The summed E-state index contributed by atoms with van der Waals surface area (Å²) in [7, 11) is 0. The van der Waals surface area contributed by atoms with Crippen molar-refractivity contribution in [3.8, 4) is 0 Å². The minimum atomic E-state index is 0.393. The topological polar surface area (TPSA) is 53.5 Å². The van der Waals surface area contributed by atoms with E-state index < -0.39 is 0 Å². The van der Waals surface area contributed by atoms with Crippen molar-refractivity contribution in [1.29, 1.82) is 0 Å². The molecule has 3 heterocycles. The molecule has 0 spiro atoms. The first-order valence-corrected chi connectivity index (χ1v) is 7.81. The lowest BCUT2D eigenvalue weighted by atomic mass is 10.2. The molecule has 3 rings (SSSR count). The van der Waals surface area contributed by atoms with Gasteiger partial charge in [-0.1, -0.05) is 0 Å². The van der Waals surface area contributed by atoms with Gasteiger partial charge in [0.2, 0.25) is 5.95 Å². The van der Waals surface area contributed by atoms with E-state index in [0.29, 0.717) is 12.1 Å². The number of rotatable bonds is 4. The van der Waals surface area contributed by atoms with E-state index in [2.05, 4.69) is 38.9 Å². The summed E-state index contributed by atoms with van der Waals surface area (Å²) < 4.78 is 5.20. The molecular formula is C15H25N5O. The molecule has 0 radical (unpaired) electrons. The highest BCUT2D eigenvalue weighted by Gasteiger charge is 2.22. The molecular weight excluding hydrogens is 266 g/mol. The Labute approximate surface area is 126 Å². The van der Waals surface area contributed by atoms with Crippen molar-refractivity contribution >= 4 is 11.8 Å². The largest absolute Gasteiger partial charge is 0.377 e. The SMILES string of the molecule is Cc1cc(NC2COC2)nc(N2CCN(C(C)C)CC2)n1. The van der Waals surface area contributed by atoms with Gasteiger partial charge in [0.25, 0.3) is 0 Å². The van der Waals surface area contributed by atoms with Crippen LogP contribution in [0.4, 0.5) is 11.8 Å². The molecule has 6 heteroatoms. The van der Waals surface area contributed by atoms with E-state index in [1.54, 1.807) is 0 Å². The van der Waals surface area contributed by atoms with E-state index in [1.165, 1.54) is 0 Å². The fraction of sp³-hybridized carbons (Fsp3) is 0.733. The lowest BCUT2D eigenvalue weighted by molar-refractivity contribution is 0.0209. The first kappa shape index (κ1) is 14.5. The summed E-state index contributed by atoms with van der Waals surface area (Å²) in [5, 5.41) is 3.41. The molecule has 1 aromatic rings. The van der Waals surface area contributed by atoms with Crippen molar-refractivity contribution < 1.29 is 4.74 Å². The number of aryl methyl sites for hydroxylation is 1. The summed E-state index contributed by atoms with van der Waals surface area (Å²) in [6, 6.07) is 3.01. The van der Waals surface area contributed by atoms with Crippen LogP contribution in [-0.2, 0) is 4.74 Å². The van der Waals surface area contributed by atoms with Crippen molar-refractivity contribution in [3.63, 3.8) is 0 Å². The number of hydrogen-bond acceptors (Lipinski definition) is 6. The van der Waals surface area contributed by atoms with Gasteiger partial charge in [-0.25, -0.2) is 4.98 Å². The molecule has 0 unspecified atom stereocenters. The number of nitrogens with one attached hydrogen (secondary N) is 1. The maximum Gasteiger partial charge on any atom is 0.227 e. The van der Waals surface area contributed by atoms with Crippen molar-refractivity contribution in [2.24, 2.45) is 0 Å². The lowest BCUT2D eigenvalue weighted by Crippen LogP contribution is -2.49. The van der Waals surface area contributed by atoms with Crippen LogP contribution in [0.3, 0.4) is 0 Å². The van der Waals surface area contributed by atoms with Gasteiger partial charge in [0.1, 0.15) is 5.82 Å². The van der Waals surface area contributed by atoms with Gasteiger partial charge in [-0.3, -0.25) is 4.90 Å². The summed E-state index contributed by atoms with van der Waals surface area (Å²) >= 11 is 0. The van der Waals surface area contributed by atoms with Crippen molar-refractivity contribution in [1.82, 2.24) is 14.9 Å². The van der Waals surface area contributed by atoms with E-state index in [-0.39, 0.29) is 0 Å². The highest BCUT2D eigenvalue weighted by Crippen LogP contribution is 2.18. The molecule has 2 saturated heterocycles. The second-order valence-corrected chi connectivity index (χ2v) is 6.19. The van der Waals surface area contributed by atoms with Crippen molar-refractivity contribution in [2.45, 2.75) is 32.9 Å². The number of anilines is 2. The molecule has 2 aliphatic rings. The summed E-state index contributed by atoms with van der Waals surface area (Å²) in [6.45, 7) is 12.2. The minimum Gasteiger partial charge on any atom is -0.377 e. The maximum absolute atomic E-state index is 5.20. The van der Waals surface area contributed by atoms with Gasteiger partial charge < -0.3 is 15.0 Å². The molecule has 0 atom stereocenters. The molecule has 2 fully saturated rings. The number of piperazine rings is 1. The summed E-state index contributed by atoms with van der Waals surface area (Å²) in [5.74, 6) is 1.76. The quantitative estimate of drug-likeness (QED) is 0.897. The number of ether oxygens (including phenoxy) is 1. The highest BCUT2D eigenvalue weighted by molar-refractivity contribution is 5.44. The van der Waals surface area contributed by atoms with Crippen LogP contribution in [0.2, 0.25) is 0 Å². The molecule has 2 aliphatic heterocycles. The second-order valence-electron chi connectivity index (χ2n) is 6.19. The minimum absolute atomic E-state index is 0.393. The Kier molecular flexibility index (Phi) is 4.26. The van der Waals surface area contributed by atoms with E-state index in [4.69, 9.17) is 4.74 Å². The first-order chi connectivity index (χ1) is 10.1. The van der Waals surface area contributed by atoms with Crippen LogP contribution in [0.1, 0.15) is 19.5 Å². The lowest BCUT2D eigenvalue weighted by Gasteiger charge is -2.37. The molecule has 0 aliphatic carbocycles. The van der Waals surface area contributed by atoms with Crippen LogP contribution in [-0.4, -0.2) is 66.3 Å². The average Bonchev–Trinajstić information content (AvgIpc) is 2.42. The Morgan fingerprint density at radius 1 is 1.19 bits per heavy atom. The van der Waals surface area contributed by atoms with Gasteiger partial charge >= 0.3 is 0 Å². The van der Waals surface area contributed by atoms with Crippen LogP contribution in [0.5, 0.6) is 0 Å². The van der Waals surface area contributed by atoms with Gasteiger partial charge in [0.05, 0.1) is 19.3 Å². The predicted molar refractivity (Wildman–Crippen MR) is 83.9 cm³/mol. The predicted octanol–water partition coefficient (Wildman–Crippen LogP) is 1.13. The number of hydrogen-bond donors (Lipinski definition) is 1. The molecule has 0 saturated carbocycles. The second kappa shape index (κ2) is 6.15. The Morgan fingerprint density at radius 3 is 2.48 bits per heavy atom. The van der Waals surface area contributed by atoms with Crippen LogP contribution >= 0.6 is 0 Å². The Balaban J connectivity index is 1.67. The summed E-state index contributed by atoms with van der Waals surface area (Å²) in [4.78, 5) is 14.1. The molecule has 21 heavy (non-hydrogen) atoms. The molecule has 116 valence electrons. The normalized spacial score (nSPS) is 20.7. The maximum atomic E-state index is 5.20. The van der Waals surface area contributed by atoms with Gasteiger partial charge in [0, 0.05) is 44.0 Å². The molecule has 0 aromatic carbocycles. The molecule has 0 amide bonds. The molecule has 1 N–H and O–H groups in total. The molecule has 6 nitrogen and oxygen atoms in total. The van der Waals surface area contributed by atoms with Gasteiger partial charge in [-0.2, -0.15) is 4.98 Å². The van der Waals surface area contributed by atoms with Crippen molar-refractivity contribution in [3.05, 3.63) is 11.8 Å². The zero-order chi connectivity index (χ0) is 14.8. The monoisotopic (exact) mass is 291 g/mol. The summed E-state index contributed by atoms with van der Waals surface area (Å²) in [5.41, 5.74) is 1.01. The van der Waals surface area contributed by atoms with Crippen molar-refractivity contribution in [2.75, 3.05) is 49.6 Å². The van der Waals surface area contributed by atoms with Crippen LogP contribution < -0.4 is 10.2 Å².